The Bertz CT molecular complexity index is 747. The first-order valence-electron chi connectivity index (χ1n) is 9.03. The Morgan fingerprint density at radius 3 is 2.60 bits per heavy atom. The first kappa shape index (κ1) is 16.3. The Labute approximate surface area is 148 Å². The van der Waals surface area contributed by atoms with Gasteiger partial charge in [0.25, 0.3) is 5.91 Å². The summed E-state index contributed by atoms with van der Waals surface area (Å²) in [5, 5.41) is 0. The van der Waals surface area contributed by atoms with Crippen LogP contribution in [0.4, 0.5) is 0 Å². The Kier molecular flexibility index (Phi) is 4.55. The van der Waals surface area contributed by atoms with Gasteiger partial charge >= 0.3 is 0 Å². The third kappa shape index (κ3) is 3.20. The van der Waals surface area contributed by atoms with Crippen molar-refractivity contribution in [2.45, 2.75) is 37.5 Å². The zero-order valence-electron chi connectivity index (χ0n) is 14.3. The van der Waals surface area contributed by atoms with Gasteiger partial charge in [0, 0.05) is 25.6 Å². The maximum absolute atomic E-state index is 13.0. The van der Waals surface area contributed by atoms with Crippen molar-refractivity contribution >= 4 is 5.91 Å². The molecule has 2 heterocycles. The molecule has 0 bridgehead atoms. The molecule has 1 fully saturated rings. The second-order valence-corrected chi connectivity index (χ2v) is 6.94. The molecule has 0 aromatic heterocycles. The average molecular weight is 336 g/mol. The molecular weight excluding hydrogens is 312 g/mol. The van der Waals surface area contributed by atoms with Crippen molar-refractivity contribution in [2.75, 3.05) is 13.1 Å². The highest BCUT2D eigenvalue weighted by atomic mass is 16.5. The van der Waals surface area contributed by atoms with E-state index in [9.17, 15) is 4.79 Å². The third-order valence-electron chi connectivity index (χ3n) is 5.35. The number of ether oxygens (including phenoxy) is 1. The van der Waals surface area contributed by atoms with E-state index in [2.05, 4.69) is 42.5 Å². The van der Waals surface area contributed by atoms with E-state index in [4.69, 9.17) is 10.5 Å². The molecule has 2 aromatic rings. The minimum absolute atomic E-state index is 0.0240. The number of benzene rings is 2. The van der Waals surface area contributed by atoms with E-state index in [0.717, 1.165) is 12.8 Å². The summed E-state index contributed by atoms with van der Waals surface area (Å²) in [6.07, 6.45) is 1.33. The number of nitrogens with zero attached hydrogens (tertiary/aromatic N) is 1. The van der Waals surface area contributed by atoms with Crippen molar-refractivity contribution < 1.29 is 9.53 Å². The van der Waals surface area contributed by atoms with Gasteiger partial charge in [-0.1, -0.05) is 54.6 Å². The topological polar surface area (TPSA) is 55.6 Å². The van der Waals surface area contributed by atoms with Crippen LogP contribution in [-0.4, -0.2) is 36.1 Å². The fourth-order valence-electron chi connectivity index (χ4n) is 4.01. The van der Waals surface area contributed by atoms with E-state index in [1.165, 1.54) is 16.7 Å². The van der Waals surface area contributed by atoms with E-state index in [1.54, 1.807) is 0 Å². The van der Waals surface area contributed by atoms with Gasteiger partial charge in [-0.15, -0.1) is 0 Å². The molecule has 2 aromatic carbocycles. The van der Waals surface area contributed by atoms with E-state index in [-0.39, 0.29) is 24.0 Å². The molecule has 2 N–H and O–H groups in total. The monoisotopic (exact) mass is 336 g/mol. The molecule has 25 heavy (non-hydrogen) atoms. The van der Waals surface area contributed by atoms with Crippen LogP contribution >= 0.6 is 0 Å². The Hall–Kier alpha value is -2.17. The summed E-state index contributed by atoms with van der Waals surface area (Å²) < 4.78 is 5.84. The molecule has 1 amide bonds. The number of nitrogens with two attached hydrogens (primary N) is 1. The fraction of sp³-hybridized carbons (Fsp3) is 0.381. The highest BCUT2D eigenvalue weighted by molar-refractivity contribution is 5.81. The minimum atomic E-state index is -0.338. The van der Waals surface area contributed by atoms with Crippen LogP contribution < -0.4 is 5.73 Å². The smallest absolute Gasteiger partial charge is 0.252 e. The van der Waals surface area contributed by atoms with Gasteiger partial charge in [-0.3, -0.25) is 4.79 Å². The van der Waals surface area contributed by atoms with Crippen molar-refractivity contribution in [2.24, 2.45) is 5.73 Å². The lowest BCUT2D eigenvalue weighted by atomic mass is 9.84. The zero-order valence-corrected chi connectivity index (χ0v) is 14.3. The second kappa shape index (κ2) is 6.98. The summed E-state index contributed by atoms with van der Waals surface area (Å²) in [6.45, 7) is 1.84. The molecule has 2 aliphatic rings. The number of hydrogen-bond donors (Lipinski definition) is 1. The third-order valence-corrected chi connectivity index (χ3v) is 5.35. The Morgan fingerprint density at radius 2 is 1.84 bits per heavy atom. The van der Waals surface area contributed by atoms with Gasteiger partial charge in [0.05, 0.1) is 6.10 Å². The molecule has 4 heteroatoms. The van der Waals surface area contributed by atoms with Crippen molar-refractivity contribution in [1.82, 2.24) is 4.90 Å². The van der Waals surface area contributed by atoms with Gasteiger partial charge in [-0.05, 0) is 29.5 Å². The van der Waals surface area contributed by atoms with E-state index < -0.39 is 0 Å². The maximum atomic E-state index is 13.0. The van der Waals surface area contributed by atoms with Crippen LogP contribution in [0.15, 0.2) is 54.6 Å². The lowest BCUT2D eigenvalue weighted by molar-refractivity contribution is -0.143. The van der Waals surface area contributed by atoms with Crippen LogP contribution in [0.1, 0.15) is 35.4 Å². The number of hydrogen-bond acceptors (Lipinski definition) is 3. The van der Waals surface area contributed by atoms with Gasteiger partial charge in [0.1, 0.15) is 6.10 Å². The van der Waals surface area contributed by atoms with E-state index >= 15 is 0 Å². The molecule has 4 nitrogen and oxygen atoms in total. The zero-order chi connectivity index (χ0) is 17.2. The number of fused-ring (bicyclic) bond motifs is 1. The largest absolute Gasteiger partial charge is 0.364 e. The summed E-state index contributed by atoms with van der Waals surface area (Å²) >= 11 is 0. The highest BCUT2D eigenvalue weighted by Crippen LogP contribution is 2.34. The molecule has 1 saturated heterocycles. The van der Waals surface area contributed by atoms with Crippen LogP contribution in [0, 0.1) is 0 Å². The summed E-state index contributed by atoms with van der Waals surface area (Å²) in [5.41, 5.74) is 9.49. The molecule has 1 unspecified atom stereocenters. The van der Waals surface area contributed by atoms with Crippen molar-refractivity contribution in [3.63, 3.8) is 0 Å². The molecule has 0 aliphatic carbocycles. The molecule has 0 spiro atoms. The Balaban J connectivity index is 1.61. The summed E-state index contributed by atoms with van der Waals surface area (Å²) in [6, 6.07) is 18.9. The summed E-state index contributed by atoms with van der Waals surface area (Å²) in [7, 11) is 0. The first-order chi connectivity index (χ1) is 12.3. The SMILES string of the molecule is NC[C@H]1CC[C@@H](C(=O)N2Cc3ccccc3C(c3ccccc3)C2)O1. The first-order valence-corrected chi connectivity index (χ1v) is 9.03. The van der Waals surface area contributed by atoms with Crippen molar-refractivity contribution in [1.29, 1.82) is 0 Å². The van der Waals surface area contributed by atoms with Gasteiger partial charge in [-0.25, -0.2) is 0 Å². The standard InChI is InChI=1S/C21H24N2O2/c22-12-17-10-11-20(25-17)21(24)23-13-16-8-4-5-9-18(16)19(14-23)15-6-2-1-3-7-15/h1-9,17,19-20H,10-14,22H2/t17-,19?,20+/m1/s1. The average Bonchev–Trinajstić information content (AvgIpc) is 3.16. The molecule has 0 radical (unpaired) electrons. The minimum Gasteiger partial charge on any atom is -0.364 e. The predicted molar refractivity (Wildman–Crippen MR) is 97.1 cm³/mol. The van der Waals surface area contributed by atoms with Gasteiger partial charge in [0.15, 0.2) is 0 Å². The fourth-order valence-corrected chi connectivity index (χ4v) is 4.01. The normalized spacial score (nSPS) is 25.6. The van der Waals surface area contributed by atoms with Crippen LogP contribution in [0.2, 0.25) is 0 Å². The summed E-state index contributed by atoms with van der Waals surface area (Å²) in [4.78, 5) is 15.0. The van der Waals surface area contributed by atoms with Gasteiger partial charge < -0.3 is 15.4 Å². The predicted octanol–water partition coefficient (Wildman–Crippen LogP) is 2.67. The molecule has 2 aliphatic heterocycles. The lowest BCUT2D eigenvalue weighted by Gasteiger charge is -2.36. The van der Waals surface area contributed by atoms with Crippen molar-refractivity contribution in [3.05, 3.63) is 71.3 Å². The molecule has 0 saturated carbocycles. The number of rotatable bonds is 3. The quantitative estimate of drug-likeness (QED) is 0.937. The number of carbonyl (C=O) groups is 1. The highest BCUT2D eigenvalue weighted by Gasteiger charge is 2.36. The van der Waals surface area contributed by atoms with Gasteiger partial charge in [0.2, 0.25) is 0 Å². The maximum Gasteiger partial charge on any atom is 0.252 e. The van der Waals surface area contributed by atoms with Crippen LogP contribution in [-0.2, 0) is 16.1 Å². The molecule has 4 rings (SSSR count). The van der Waals surface area contributed by atoms with E-state index in [0.29, 0.717) is 19.6 Å². The van der Waals surface area contributed by atoms with Crippen LogP contribution in [0.25, 0.3) is 0 Å². The van der Waals surface area contributed by atoms with E-state index in [1.807, 2.05) is 17.0 Å². The molecule has 130 valence electrons. The summed E-state index contributed by atoms with van der Waals surface area (Å²) in [5.74, 6) is 0.313. The molecular formula is C21H24N2O2. The second-order valence-electron chi connectivity index (χ2n) is 6.94. The Morgan fingerprint density at radius 1 is 1.08 bits per heavy atom. The number of carbonyl (C=O) groups excluding carboxylic acids is 1. The number of amides is 1. The van der Waals surface area contributed by atoms with Crippen LogP contribution in [0.5, 0.6) is 0 Å². The van der Waals surface area contributed by atoms with Crippen LogP contribution in [0.3, 0.4) is 0 Å². The molecule has 3 atom stereocenters. The lowest BCUT2D eigenvalue weighted by Crippen LogP contribution is -2.44. The van der Waals surface area contributed by atoms with Gasteiger partial charge in [-0.2, -0.15) is 0 Å². The van der Waals surface area contributed by atoms with Crippen molar-refractivity contribution in [3.8, 4) is 0 Å².